The van der Waals surface area contributed by atoms with E-state index in [2.05, 4.69) is 36.5 Å². The minimum atomic E-state index is -0.323. The molecular formula is C19H15BrN4O2S. The Hall–Kier alpha value is -2.71. The van der Waals surface area contributed by atoms with Crippen molar-refractivity contribution in [2.75, 3.05) is 11.9 Å². The molecule has 0 aliphatic heterocycles. The van der Waals surface area contributed by atoms with Crippen LogP contribution in [0.1, 0.15) is 10.4 Å². The first kappa shape index (κ1) is 19.1. The lowest BCUT2D eigenvalue weighted by atomic mass is 10.2. The standard InChI is InChI=1S/C19H15BrN4O2S/c20-13-7-8-18(22-10-13)27-16-6-2-1-5-15(16)19(26)23-12-17(25)24-14-4-3-9-21-11-14/h1-11H,12H2,(H,23,26)(H,24,25). The van der Waals surface area contributed by atoms with Crippen molar-refractivity contribution in [2.45, 2.75) is 9.92 Å². The number of benzene rings is 1. The van der Waals surface area contributed by atoms with E-state index >= 15 is 0 Å². The van der Waals surface area contributed by atoms with E-state index < -0.39 is 0 Å². The van der Waals surface area contributed by atoms with Crippen LogP contribution in [-0.2, 0) is 4.79 Å². The number of carbonyl (C=O) groups is 2. The van der Waals surface area contributed by atoms with Gasteiger partial charge in [-0.15, -0.1) is 0 Å². The van der Waals surface area contributed by atoms with Gasteiger partial charge in [0.15, 0.2) is 0 Å². The second-order valence-corrected chi connectivity index (χ2v) is 7.36. The van der Waals surface area contributed by atoms with Gasteiger partial charge >= 0.3 is 0 Å². The lowest BCUT2D eigenvalue weighted by Gasteiger charge is -2.10. The molecule has 2 heterocycles. The summed E-state index contributed by atoms with van der Waals surface area (Å²) in [5.41, 5.74) is 1.07. The molecule has 2 aromatic heterocycles. The fourth-order valence-corrected chi connectivity index (χ4v) is 3.29. The molecule has 0 saturated carbocycles. The lowest BCUT2D eigenvalue weighted by molar-refractivity contribution is -0.115. The summed E-state index contributed by atoms with van der Waals surface area (Å²) < 4.78 is 0.887. The van der Waals surface area contributed by atoms with Gasteiger partial charge in [0.1, 0.15) is 5.03 Å². The first-order chi connectivity index (χ1) is 13.1. The highest BCUT2D eigenvalue weighted by Gasteiger charge is 2.13. The smallest absolute Gasteiger partial charge is 0.252 e. The third-order valence-electron chi connectivity index (χ3n) is 3.40. The summed E-state index contributed by atoms with van der Waals surface area (Å²) in [6.07, 6.45) is 4.86. The van der Waals surface area contributed by atoms with Gasteiger partial charge in [-0.1, -0.05) is 23.9 Å². The fourth-order valence-electron chi connectivity index (χ4n) is 2.18. The van der Waals surface area contributed by atoms with Gasteiger partial charge in [-0.3, -0.25) is 14.6 Å². The molecule has 0 spiro atoms. The van der Waals surface area contributed by atoms with E-state index in [0.29, 0.717) is 11.3 Å². The molecule has 136 valence electrons. The van der Waals surface area contributed by atoms with E-state index in [0.717, 1.165) is 14.4 Å². The summed E-state index contributed by atoms with van der Waals surface area (Å²) in [7, 11) is 0. The minimum absolute atomic E-state index is 0.136. The van der Waals surface area contributed by atoms with Crippen LogP contribution in [-0.4, -0.2) is 28.3 Å². The van der Waals surface area contributed by atoms with Crippen molar-refractivity contribution < 1.29 is 9.59 Å². The van der Waals surface area contributed by atoms with Crippen LogP contribution in [0.2, 0.25) is 0 Å². The van der Waals surface area contributed by atoms with Crippen molar-refractivity contribution in [3.8, 4) is 0 Å². The summed E-state index contributed by atoms with van der Waals surface area (Å²) >= 11 is 4.74. The van der Waals surface area contributed by atoms with Crippen molar-refractivity contribution in [2.24, 2.45) is 0 Å². The largest absolute Gasteiger partial charge is 0.343 e. The highest BCUT2D eigenvalue weighted by Crippen LogP contribution is 2.29. The second kappa shape index (κ2) is 9.29. The Balaban J connectivity index is 1.63. The van der Waals surface area contributed by atoms with E-state index in [9.17, 15) is 9.59 Å². The molecule has 1 aromatic carbocycles. The predicted molar refractivity (Wildman–Crippen MR) is 108 cm³/mol. The average Bonchev–Trinajstić information content (AvgIpc) is 2.69. The van der Waals surface area contributed by atoms with Crippen molar-refractivity contribution in [1.82, 2.24) is 15.3 Å². The number of nitrogens with one attached hydrogen (secondary N) is 2. The zero-order chi connectivity index (χ0) is 19.1. The number of hydrogen-bond acceptors (Lipinski definition) is 5. The minimum Gasteiger partial charge on any atom is -0.343 e. The van der Waals surface area contributed by atoms with Crippen LogP contribution < -0.4 is 10.6 Å². The zero-order valence-electron chi connectivity index (χ0n) is 14.1. The predicted octanol–water partition coefficient (Wildman–Crippen LogP) is 3.76. The van der Waals surface area contributed by atoms with Gasteiger partial charge in [0, 0.05) is 21.8 Å². The molecule has 27 heavy (non-hydrogen) atoms. The number of rotatable bonds is 6. The second-order valence-electron chi connectivity index (χ2n) is 5.39. The van der Waals surface area contributed by atoms with Crippen LogP contribution in [0, 0.1) is 0 Å². The topological polar surface area (TPSA) is 84.0 Å². The van der Waals surface area contributed by atoms with Gasteiger partial charge < -0.3 is 10.6 Å². The van der Waals surface area contributed by atoms with Gasteiger partial charge in [0.05, 0.1) is 24.0 Å². The van der Waals surface area contributed by atoms with Gasteiger partial charge in [-0.05, 0) is 52.3 Å². The monoisotopic (exact) mass is 442 g/mol. The molecular weight excluding hydrogens is 428 g/mol. The van der Waals surface area contributed by atoms with E-state index in [-0.39, 0.29) is 18.4 Å². The Bertz CT molecular complexity index is 936. The molecule has 2 N–H and O–H groups in total. The molecule has 8 heteroatoms. The van der Waals surface area contributed by atoms with Crippen molar-refractivity contribution in [3.05, 3.63) is 77.2 Å². The van der Waals surface area contributed by atoms with Gasteiger partial charge in [0.25, 0.3) is 5.91 Å². The summed E-state index contributed by atoms with van der Waals surface area (Å²) in [5, 5.41) is 6.09. The fraction of sp³-hybridized carbons (Fsp3) is 0.0526. The Kier molecular flexibility index (Phi) is 6.56. The third-order valence-corrected chi connectivity index (χ3v) is 4.90. The average molecular weight is 443 g/mol. The van der Waals surface area contributed by atoms with E-state index in [1.807, 2.05) is 24.3 Å². The first-order valence-corrected chi connectivity index (χ1v) is 9.59. The summed E-state index contributed by atoms with van der Waals surface area (Å²) in [6.45, 7) is -0.136. The number of hydrogen-bond donors (Lipinski definition) is 2. The summed E-state index contributed by atoms with van der Waals surface area (Å²) in [5.74, 6) is -0.646. The normalized spacial score (nSPS) is 10.3. The Morgan fingerprint density at radius 3 is 2.63 bits per heavy atom. The maximum absolute atomic E-state index is 12.5. The third kappa shape index (κ3) is 5.63. The number of aromatic nitrogens is 2. The van der Waals surface area contributed by atoms with Crippen molar-refractivity contribution in [3.63, 3.8) is 0 Å². The number of anilines is 1. The maximum atomic E-state index is 12.5. The molecule has 0 saturated heterocycles. The van der Waals surface area contributed by atoms with Crippen molar-refractivity contribution >= 4 is 45.2 Å². The maximum Gasteiger partial charge on any atom is 0.252 e. The van der Waals surface area contributed by atoms with Gasteiger partial charge in [-0.25, -0.2) is 4.98 Å². The molecule has 0 fully saturated rings. The molecule has 0 unspecified atom stereocenters. The number of halogens is 1. The molecule has 0 radical (unpaired) electrons. The quantitative estimate of drug-likeness (QED) is 0.606. The SMILES string of the molecule is O=C(CNC(=O)c1ccccc1Sc1ccc(Br)cn1)Nc1cccnc1. The number of amides is 2. The Morgan fingerprint density at radius 2 is 1.89 bits per heavy atom. The van der Waals surface area contributed by atoms with Crippen LogP contribution in [0.5, 0.6) is 0 Å². The Labute approximate surface area is 168 Å². The molecule has 0 atom stereocenters. The summed E-state index contributed by atoms with van der Waals surface area (Å²) in [4.78, 5) is 33.5. The van der Waals surface area contributed by atoms with E-state index in [1.165, 1.54) is 18.0 Å². The van der Waals surface area contributed by atoms with Crippen LogP contribution in [0.15, 0.2) is 81.5 Å². The van der Waals surface area contributed by atoms with Gasteiger partial charge in [-0.2, -0.15) is 0 Å². The van der Waals surface area contributed by atoms with Crippen molar-refractivity contribution in [1.29, 1.82) is 0 Å². The molecule has 0 aliphatic carbocycles. The zero-order valence-corrected chi connectivity index (χ0v) is 16.5. The molecule has 3 rings (SSSR count). The lowest BCUT2D eigenvalue weighted by Crippen LogP contribution is -2.33. The molecule has 3 aromatic rings. The first-order valence-electron chi connectivity index (χ1n) is 7.98. The van der Waals surface area contributed by atoms with E-state index in [4.69, 9.17) is 0 Å². The van der Waals surface area contributed by atoms with E-state index in [1.54, 1.807) is 36.7 Å². The molecule has 0 bridgehead atoms. The summed E-state index contributed by atoms with van der Waals surface area (Å²) in [6, 6.07) is 14.4. The Morgan fingerprint density at radius 1 is 1.04 bits per heavy atom. The number of pyridine rings is 2. The molecule has 0 aliphatic rings. The van der Waals surface area contributed by atoms with Gasteiger partial charge in [0.2, 0.25) is 5.91 Å². The molecule has 2 amide bonds. The molecule has 6 nitrogen and oxygen atoms in total. The van der Waals surface area contributed by atoms with Crippen LogP contribution >= 0.6 is 27.7 Å². The van der Waals surface area contributed by atoms with Crippen LogP contribution in [0.25, 0.3) is 0 Å². The number of carbonyl (C=O) groups excluding carboxylic acids is 2. The number of nitrogens with zero attached hydrogens (tertiary/aromatic N) is 2. The highest BCUT2D eigenvalue weighted by atomic mass is 79.9. The van der Waals surface area contributed by atoms with Crippen LogP contribution in [0.4, 0.5) is 5.69 Å². The van der Waals surface area contributed by atoms with Crippen LogP contribution in [0.3, 0.4) is 0 Å². The highest BCUT2D eigenvalue weighted by molar-refractivity contribution is 9.10.